The lowest BCUT2D eigenvalue weighted by Crippen LogP contribution is -2.24. The van der Waals surface area contributed by atoms with Gasteiger partial charge in [-0.2, -0.15) is 0 Å². The van der Waals surface area contributed by atoms with E-state index in [1.165, 1.54) is 5.56 Å². The topological polar surface area (TPSA) is 51.1 Å². The smallest absolute Gasteiger partial charge is 0.161 e. The molecule has 1 aliphatic rings. The number of hydrogen-bond acceptors (Lipinski definition) is 5. The summed E-state index contributed by atoms with van der Waals surface area (Å²) in [5, 5.41) is 0. The summed E-state index contributed by atoms with van der Waals surface area (Å²) >= 11 is 0. The number of nitrogens with zero attached hydrogens (tertiary/aromatic N) is 4. The van der Waals surface area contributed by atoms with Crippen LogP contribution in [0, 0.1) is 0 Å². The molecule has 3 heterocycles. The molecule has 0 amide bonds. The predicted molar refractivity (Wildman–Crippen MR) is 107 cm³/mol. The van der Waals surface area contributed by atoms with Gasteiger partial charge in [0.25, 0.3) is 0 Å². The minimum atomic E-state index is 0.269. The van der Waals surface area contributed by atoms with E-state index in [1.54, 1.807) is 19.5 Å². The Labute approximate surface area is 160 Å². The van der Waals surface area contributed by atoms with Crippen molar-refractivity contribution in [3.05, 3.63) is 66.1 Å². The maximum atomic E-state index is 5.61. The maximum Gasteiger partial charge on any atom is 0.161 e. The van der Waals surface area contributed by atoms with Crippen molar-refractivity contribution in [1.82, 2.24) is 15.0 Å². The molecule has 27 heavy (non-hydrogen) atoms. The molecule has 2 aromatic heterocycles. The summed E-state index contributed by atoms with van der Waals surface area (Å²) in [6.07, 6.45) is 6.67. The van der Waals surface area contributed by atoms with E-state index < -0.39 is 0 Å². The van der Waals surface area contributed by atoms with E-state index in [0.29, 0.717) is 0 Å². The summed E-state index contributed by atoms with van der Waals surface area (Å²) < 4.78 is 5.61. The minimum absolute atomic E-state index is 0.269. The van der Waals surface area contributed by atoms with Crippen molar-refractivity contribution < 1.29 is 4.74 Å². The van der Waals surface area contributed by atoms with Crippen LogP contribution in [0.15, 0.2) is 54.9 Å². The van der Waals surface area contributed by atoms with Gasteiger partial charge in [-0.3, -0.25) is 4.98 Å². The van der Waals surface area contributed by atoms with Crippen LogP contribution in [0.4, 0.5) is 5.82 Å². The lowest BCUT2D eigenvalue weighted by Gasteiger charge is -2.28. The van der Waals surface area contributed by atoms with Gasteiger partial charge in [-0.05, 0) is 37.5 Å². The molecule has 1 atom stereocenters. The molecule has 138 valence electrons. The van der Waals surface area contributed by atoms with Gasteiger partial charge < -0.3 is 9.64 Å². The van der Waals surface area contributed by atoms with Crippen LogP contribution in [0.25, 0.3) is 11.4 Å². The predicted octanol–water partition coefficient (Wildman–Crippen LogP) is 4.45. The fourth-order valence-corrected chi connectivity index (χ4v) is 3.75. The van der Waals surface area contributed by atoms with Gasteiger partial charge in [0, 0.05) is 41.8 Å². The van der Waals surface area contributed by atoms with Gasteiger partial charge in [0.1, 0.15) is 11.6 Å². The molecule has 1 aromatic carbocycles. The fourth-order valence-electron chi connectivity index (χ4n) is 3.75. The van der Waals surface area contributed by atoms with Crippen molar-refractivity contribution in [3.8, 4) is 17.1 Å². The lowest BCUT2D eigenvalue weighted by molar-refractivity contribution is 0.405. The van der Waals surface area contributed by atoms with E-state index in [4.69, 9.17) is 14.7 Å². The second-order valence-corrected chi connectivity index (χ2v) is 6.72. The Bertz CT molecular complexity index is 913. The number of benzene rings is 1. The van der Waals surface area contributed by atoms with Gasteiger partial charge in [-0.1, -0.05) is 25.1 Å². The second-order valence-electron chi connectivity index (χ2n) is 6.72. The quantitative estimate of drug-likeness (QED) is 0.673. The van der Waals surface area contributed by atoms with Crippen LogP contribution in [0.2, 0.25) is 0 Å². The molecular weight excluding hydrogens is 336 g/mol. The van der Waals surface area contributed by atoms with Gasteiger partial charge in [0.15, 0.2) is 5.82 Å². The molecule has 4 rings (SSSR count). The number of methoxy groups -OCH3 is 1. The largest absolute Gasteiger partial charge is 0.496 e. The van der Waals surface area contributed by atoms with Crippen LogP contribution in [-0.2, 0) is 6.42 Å². The first-order valence-electron chi connectivity index (χ1n) is 9.48. The van der Waals surface area contributed by atoms with Crippen LogP contribution in [0.1, 0.15) is 37.1 Å². The van der Waals surface area contributed by atoms with Crippen LogP contribution in [0.5, 0.6) is 5.75 Å². The monoisotopic (exact) mass is 360 g/mol. The zero-order valence-electron chi connectivity index (χ0n) is 15.8. The summed E-state index contributed by atoms with van der Waals surface area (Å²) in [5.74, 6) is 2.69. The highest BCUT2D eigenvalue weighted by Crippen LogP contribution is 2.39. The second kappa shape index (κ2) is 7.74. The number of aromatic nitrogens is 3. The fraction of sp³-hybridized carbons (Fsp3) is 0.318. The highest BCUT2D eigenvalue weighted by Gasteiger charge is 2.29. The molecule has 0 spiro atoms. The average molecular weight is 360 g/mol. The van der Waals surface area contributed by atoms with Crippen LogP contribution in [0.3, 0.4) is 0 Å². The van der Waals surface area contributed by atoms with E-state index in [-0.39, 0.29) is 6.04 Å². The molecule has 1 fully saturated rings. The first-order chi connectivity index (χ1) is 13.3. The molecule has 5 nitrogen and oxygen atoms in total. The third-order valence-electron chi connectivity index (χ3n) is 5.11. The van der Waals surface area contributed by atoms with Crippen LogP contribution >= 0.6 is 0 Å². The summed E-state index contributed by atoms with van der Waals surface area (Å²) in [7, 11) is 1.74. The number of rotatable bonds is 5. The van der Waals surface area contributed by atoms with Crippen molar-refractivity contribution >= 4 is 5.82 Å². The minimum Gasteiger partial charge on any atom is -0.496 e. The van der Waals surface area contributed by atoms with E-state index >= 15 is 0 Å². The van der Waals surface area contributed by atoms with E-state index in [1.807, 2.05) is 24.3 Å². The van der Waals surface area contributed by atoms with Crippen molar-refractivity contribution in [2.75, 3.05) is 18.6 Å². The van der Waals surface area contributed by atoms with Gasteiger partial charge in [0.2, 0.25) is 0 Å². The van der Waals surface area contributed by atoms with Gasteiger partial charge in [-0.25, -0.2) is 9.97 Å². The maximum absolute atomic E-state index is 5.61. The third-order valence-corrected chi connectivity index (χ3v) is 5.11. The number of aryl methyl sites for hydroxylation is 1. The summed E-state index contributed by atoms with van der Waals surface area (Å²) in [4.78, 5) is 16.1. The highest BCUT2D eigenvalue weighted by molar-refractivity contribution is 5.58. The van der Waals surface area contributed by atoms with Crippen LogP contribution in [-0.4, -0.2) is 28.6 Å². The Hall–Kier alpha value is -2.95. The summed E-state index contributed by atoms with van der Waals surface area (Å²) in [6.45, 7) is 3.11. The Morgan fingerprint density at radius 3 is 2.70 bits per heavy atom. The van der Waals surface area contributed by atoms with E-state index in [2.05, 4.69) is 35.0 Å². The number of para-hydroxylation sites is 1. The van der Waals surface area contributed by atoms with Crippen molar-refractivity contribution in [1.29, 1.82) is 0 Å². The zero-order valence-corrected chi connectivity index (χ0v) is 15.8. The first-order valence-corrected chi connectivity index (χ1v) is 9.48. The van der Waals surface area contributed by atoms with Gasteiger partial charge in [-0.15, -0.1) is 0 Å². The number of anilines is 1. The Morgan fingerprint density at radius 1 is 1.11 bits per heavy atom. The number of ether oxygens (including phenoxy) is 1. The van der Waals surface area contributed by atoms with Crippen molar-refractivity contribution in [2.45, 2.75) is 32.2 Å². The molecule has 0 aliphatic carbocycles. The molecule has 1 aliphatic heterocycles. The molecule has 3 aromatic rings. The molecule has 1 saturated heterocycles. The normalized spacial score (nSPS) is 16.5. The summed E-state index contributed by atoms with van der Waals surface area (Å²) in [6, 6.07) is 14.6. The average Bonchev–Trinajstić information content (AvgIpc) is 3.23. The Morgan fingerprint density at radius 2 is 1.93 bits per heavy atom. The van der Waals surface area contributed by atoms with E-state index in [0.717, 1.165) is 54.5 Å². The molecule has 0 radical (unpaired) electrons. The Kier molecular flexibility index (Phi) is 5.01. The van der Waals surface area contributed by atoms with Gasteiger partial charge >= 0.3 is 0 Å². The Balaban J connectivity index is 1.75. The standard InChI is InChI=1S/C22H24N4O/c1-3-17-15-21(25-22(24-17)16-10-12-23-13-11-16)26-14-6-8-19(26)18-7-4-5-9-20(18)27-2/h4-5,7,9-13,15,19H,3,6,8,14H2,1-2H3. The van der Waals surface area contributed by atoms with E-state index in [9.17, 15) is 0 Å². The molecule has 0 bridgehead atoms. The molecule has 1 unspecified atom stereocenters. The first kappa shape index (κ1) is 17.5. The lowest BCUT2D eigenvalue weighted by atomic mass is 10.0. The molecule has 5 heteroatoms. The SMILES string of the molecule is CCc1cc(N2CCCC2c2ccccc2OC)nc(-c2ccncc2)n1. The van der Waals surface area contributed by atoms with Gasteiger partial charge in [0.05, 0.1) is 13.2 Å². The zero-order chi connectivity index (χ0) is 18.6. The van der Waals surface area contributed by atoms with Crippen molar-refractivity contribution in [2.24, 2.45) is 0 Å². The van der Waals surface area contributed by atoms with Crippen molar-refractivity contribution in [3.63, 3.8) is 0 Å². The number of pyridine rings is 1. The molecular formula is C22H24N4O. The van der Waals surface area contributed by atoms with Crippen LogP contribution < -0.4 is 9.64 Å². The molecule has 0 saturated carbocycles. The third kappa shape index (κ3) is 3.50. The number of hydrogen-bond donors (Lipinski definition) is 0. The molecule has 0 N–H and O–H groups in total. The highest BCUT2D eigenvalue weighted by atomic mass is 16.5. The summed E-state index contributed by atoms with van der Waals surface area (Å²) in [5.41, 5.74) is 3.27.